The molecule has 0 atom stereocenters. The van der Waals surface area contributed by atoms with Crippen LogP contribution in [0.25, 0.3) is 0 Å². The van der Waals surface area contributed by atoms with Crippen LogP contribution in [0.3, 0.4) is 0 Å². The first-order valence-electron chi connectivity index (χ1n) is 4.12. The van der Waals surface area contributed by atoms with Gasteiger partial charge in [-0.2, -0.15) is 0 Å². The third-order valence-corrected chi connectivity index (χ3v) is 2.30. The van der Waals surface area contributed by atoms with Gasteiger partial charge in [-0.1, -0.05) is 6.42 Å². The van der Waals surface area contributed by atoms with E-state index in [1.165, 1.54) is 37.8 Å². The minimum Gasteiger partial charge on any atom is -0.365 e. The highest BCUT2D eigenvalue weighted by molar-refractivity contribution is 5.21. The molecule has 0 aromatic carbocycles. The average Bonchev–Trinajstić information content (AvgIpc) is 2.28. The fraction of sp³-hybridized carbons (Fsp3) is 0.556. The fourth-order valence-electron chi connectivity index (χ4n) is 1.70. The van der Waals surface area contributed by atoms with Gasteiger partial charge in [-0.05, 0) is 37.3 Å². The Bertz CT molecular complexity index is 192. The number of H-pyrrole nitrogens is 1. The normalized spacial score (nSPS) is 18.0. The number of hydrogen-bond acceptors (Lipinski definition) is 0. The summed E-state index contributed by atoms with van der Waals surface area (Å²) < 4.78 is 0. The quantitative estimate of drug-likeness (QED) is 0.525. The lowest BCUT2D eigenvalue weighted by Gasteiger charge is -1.93. The van der Waals surface area contributed by atoms with Crippen molar-refractivity contribution in [1.29, 1.82) is 0 Å². The van der Waals surface area contributed by atoms with Crippen LogP contribution in [-0.4, -0.2) is 4.98 Å². The number of aromatic nitrogens is 1. The predicted octanol–water partition coefficient (Wildman–Crippen LogP) is 2.28. The molecule has 1 N–H and O–H groups in total. The number of fused-ring (bicyclic) bond motifs is 1. The summed E-state index contributed by atoms with van der Waals surface area (Å²) in [5, 5.41) is 0. The number of hydrogen-bond donors (Lipinski definition) is 1. The minimum atomic E-state index is 1.27. The zero-order chi connectivity index (χ0) is 6.81. The summed E-state index contributed by atoms with van der Waals surface area (Å²) in [5.41, 5.74) is 3.04. The van der Waals surface area contributed by atoms with Crippen LogP contribution in [0.5, 0.6) is 0 Å². The van der Waals surface area contributed by atoms with E-state index < -0.39 is 0 Å². The number of rotatable bonds is 0. The Morgan fingerprint density at radius 1 is 1.10 bits per heavy atom. The molecule has 1 heteroatoms. The molecule has 0 aliphatic heterocycles. The summed E-state index contributed by atoms with van der Waals surface area (Å²) in [7, 11) is 0. The SMILES string of the molecule is c1cc2c([nH]1)CCCCC2. The third-order valence-electron chi connectivity index (χ3n) is 2.30. The molecule has 0 unspecified atom stereocenters. The molecule has 0 spiro atoms. The molecular weight excluding hydrogens is 122 g/mol. The molecule has 1 aromatic heterocycles. The van der Waals surface area contributed by atoms with E-state index >= 15 is 0 Å². The molecule has 54 valence electrons. The van der Waals surface area contributed by atoms with E-state index in [0.717, 1.165) is 0 Å². The van der Waals surface area contributed by atoms with Crippen molar-refractivity contribution < 1.29 is 0 Å². The van der Waals surface area contributed by atoms with Gasteiger partial charge in [0.2, 0.25) is 0 Å². The third kappa shape index (κ3) is 0.962. The minimum absolute atomic E-state index is 1.27. The molecule has 0 amide bonds. The highest BCUT2D eigenvalue weighted by atomic mass is 14.7. The van der Waals surface area contributed by atoms with Crippen molar-refractivity contribution in [3.05, 3.63) is 23.5 Å². The van der Waals surface area contributed by atoms with Crippen LogP contribution in [0.4, 0.5) is 0 Å². The van der Waals surface area contributed by atoms with Gasteiger partial charge in [0.05, 0.1) is 0 Å². The fourth-order valence-corrected chi connectivity index (χ4v) is 1.70. The summed E-state index contributed by atoms with van der Waals surface area (Å²) in [4.78, 5) is 3.30. The Morgan fingerprint density at radius 2 is 2.00 bits per heavy atom. The van der Waals surface area contributed by atoms with Crippen LogP contribution in [-0.2, 0) is 12.8 Å². The van der Waals surface area contributed by atoms with Crippen LogP contribution in [0.2, 0.25) is 0 Å². The molecule has 0 saturated carbocycles. The molecule has 1 aliphatic carbocycles. The maximum atomic E-state index is 3.30. The molecule has 1 heterocycles. The topological polar surface area (TPSA) is 15.8 Å². The highest BCUT2D eigenvalue weighted by Gasteiger charge is 2.06. The molecular formula is C9H13N. The van der Waals surface area contributed by atoms with Crippen molar-refractivity contribution in [2.24, 2.45) is 0 Å². The van der Waals surface area contributed by atoms with Crippen LogP contribution in [0.15, 0.2) is 12.3 Å². The molecule has 0 saturated heterocycles. The molecule has 2 rings (SSSR count). The first-order valence-corrected chi connectivity index (χ1v) is 4.12. The molecule has 0 bridgehead atoms. The van der Waals surface area contributed by atoms with Crippen molar-refractivity contribution in [3.8, 4) is 0 Å². The number of aromatic amines is 1. The second kappa shape index (κ2) is 2.49. The second-order valence-electron chi connectivity index (χ2n) is 3.04. The van der Waals surface area contributed by atoms with Crippen molar-refractivity contribution in [1.82, 2.24) is 4.98 Å². The molecule has 1 aliphatic rings. The summed E-state index contributed by atoms with van der Waals surface area (Å²) in [6.45, 7) is 0. The van der Waals surface area contributed by atoms with Crippen molar-refractivity contribution >= 4 is 0 Å². The Hall–Kier alpha value is -0.720. The van der Waals surface area contributed by atoms with E-state index in [0.29, 0.717) is 0 Å². The van der Waals surface area contributed by atoms with E-state index in [-0.39, 0.29) is 0 Å². The smallest absolute Gasteiger partial charge is 0.0179 e. The van der Waals surface area contributed by atoms with E-state index in [1.54, 1.807) is 5.56 Å². The van der Waals surface area contributed by atoms with Gasteiger partial charge in [-0.25, -0.2) is 0 Å². The lowest BCUT2D eigenvalue weighted by atomic mass is 10.1. The predicted molar refractivity (Wildman–Crippen MR) is 42.1 cm³/mol. The van der Waals surface area contributed by atoms with Gasteiger partial charge < -0.3 is 4.98 Å². The first-order chi connectivity index (χ1) is 4.97. The van der Waals surface area contributed by atoms with Crippen LogP contribution in [0, 0.1) is 0 Å². The zero-order valence-electron chi connectivity index (χ0n) is 6.19. The summed E-state index contributed by atoms with van der Waals surface area (Å²) in [6, 6.07) is 2.22. The molecule has 0 fully saturated rings. The Morgan fingerprint density at radius 3 is 3.00 bits per heavy atom. The Labute approximate surface area is 61.5 Å². The van der Waals surface area contributed by atoms with Gasteiger partial charge in [0, 0.05) is 11.9 Å². The maximum absolute atomic E-state index is 3.30. The molecule has 1 nitrogen and oxygen atoms in total. The van der Waals surface area contributed by atoms with Gasteiger partial charge >= 0.3 is 0 Å². The van der Waals surface area contributed by atoms with Crippen LogP contribution < -0.4 is 0 Å². The van der Waals surface area contributed by atoms with E-state index in [4.69, 9.17) is 0 Å². The van der Waals surface area contributed by atoms with E-state index in [9.17, 15) is 0 Å². The average molecular weight is 135 g/mol. The van der Waals surface area contributed by atoms with Gasteiger partial charge in [-0.15, -0.1) is 0 Å². The van der Waals surface area contributed by atoms with E-state index in [1.807, 2.05) is 0 Å². The Balaban J connectivity index is 2.28. The van der Waals surface area contributed by atoms with Gasteiger partial charge in [0.1, 0.15) is 0 Å². The largest absolute Gasteiger partial charge is 0.365 e. The van der Waals surface area contributed by atoms with Gasteiger partial charge in [0.25, 0.3) is 0 Å². The van der Waals surface area contributed by atoms with Gasteiger partial charge in [-0.3, -0.25) is 0 Å². The van der Waals surface area contributed by atoms with Gasteiger partial charge in [0.15, 0.2) is 0 Å². The van der Waals surface area contributed by atoms with Crippen LogP contribution >= 0.6 is 0 Å². The lowest BCUT2D eigenvalue weighted by molar-refractivity contribution is 0.707. The molecule has 0 radical (unpaired) electrons. The molecule has 1 aromatic rings. The number of aryl methyl sites for hydroxylation is 2. The lowest BCUT2D eigenvalue weighted by Crippen LogP contribution is -1.85. The Kier molecular flexibility index (Phi) is 1.50. The first kappa shape index (κ1) is 6.02. The number of nitrogens with one attached hydrogen (secondary N) is 1. The highest BCUT2D eigenvalue weighted by Crippen LogP contribution is 2.18. The van der Waals surface area contributed by atoms with E-state index in [2.05, 4.69) is 17.2 Å². The van der Waals surface area contributed by atoms with Crippen LogP contribution in [0.1, 0.15) is 30.5 Å². The maximum Gasteiger partial charge on any atom is 0.0179 e. The standard InChI is InChI=1S/C9H13N/c1-2-4-8-6-7-10-9(8)5-3-1/h6-7,10H,1-5H2. The summed E-state index contributed by atoms with van der Waals surface area (Å²) in [6.07, 6.45) is 8.78. The zero-order valence-corrected chi connectivity index (χ0v) is 6.19. The van der Waals surface area contributed by atoms with Crippen molar-refractivity contribution in [2.45, 2.75) is 32.1 Å². The summed E-state index contributed by atoms with van der Waals surface area (Å²) >= 11 is 0. The van der Waals surface area contributed by atoms with Crippen molar-refractivity contribution in [2.75, 3.05) is 0 Å². The molecule has 10 heavy (non-hydrogen) atoms. The monoisotopic (exact) mass is 135 g/mol. The van der Waals surface area contributed by atoms with Crippen molar-refractivity contribution in [3.63, 3.8) is 0 Å². The second-order valence-corrected chi connectivity index (χ2v) is 3.04. The summed E-state index contributed by atoms with van der Waals surface area (Å²) in [5.74, 6) is 0.